The molecule has 0 saturated carbocycles. The van der Waals surface area contributed by atoms with Crippen LogP contribution in [0, 0.1) is 0 Å². The van der Waals surface area contributed by atoms with Gasteiger partial charge in [0.1, 0.15) is 0 Å². The van der Waals surface area contributed by atoms with Crippen molar-refractivity contribution in [1.29, 1.82) is 0 Å². The van der Waals surface area contributed by atoms with Crippen LogP contribution < -0.4 is 4.90 Å². The summed E-state index contributed by atoms with van der Waals surface area (Å²) in [6.07, 6.45) is 5.11. The number of hydrogen-bond acceptors (Lipinski definition) is 7. The number of aromatic nitrogens is 2. The molecule has 2 fully saturated rings. The van der Waals surface area contributed by atoms with Crippen LogP contribution in [0.25, 0.3) is 0 Å². The van der Waals surface area contributed by atoms with Crippen LogP contribution in [0.1, 0.15) is 18.4 Å². The highest BCUT2D eigenvalue weighted by Crippen LogP contribution is 2.20. The number of anilines is 1. The molecule has 122 valence electrons. The molecule has 0 aliphatic carbocycles. The maximum Gasteiger partial charge on any atom is 0.225 e. The van der Waals surface area contributed by atoms with Crippen molar-refractivity contribution in [3.8, 4) is 0 Å². The first-order chi connectivity index (χ1) is 10.4. The van der Waals surface area contributed by atoms with E-state index in [9.17, 15) is 13.5 Å². The summed E-state index contributed by atoms with van der Waals surface area (Å²) in [4.78, 5) is 12.8. The number of sulfone groups is 1. The Kier molecular flexibility index (Phi) is 4.33. The Morgan fingerprint density at radius 1 is 1.27 bits per heavy atom. The highest BCUT2D eigenvalue weighted by atomic mass is 32.2. The summed E-state index contributed by atoms with van der Waals surface area (Å²) in [5, 5.41) is 9.90. The van der Waals surface area contributed by atoms with Crippen LogP contribution in [0.4, 0.5) is 5.95 Å². The van der Waals surface area contributed by atoms with Crippen molar-refractivity contribution in [2.24, 2.45) is 0 Å². The highest BCUT2D eigenvalue weighted by molar-refractivity contribution is 7.91. The summed E-state index contributed by atoms with van der Waals surface area (Å²) in [6.45, 7) is 2.54. The highest BCUT2D eigenvalue weighted by Gasteiger charge is 2.38. The molecule has 8 heteroatoms. The average molecular weight is 326 g/mol. The lowest BCUT2D eigenvalue weighted by Crippen LogP contribution is -2.40. The second kappa shape index (κ2) is 6.10. The minimum atomic E-state index is -3.13. The molecule has 1 N–H and O–H groups in total. The molecular weight excluding hydrogens is 304 g/mol. The molecule has 7 nitrogen and oxygen atoms in total. The Balaban J connectivity index is 1.63. The molecule has 22 heavy (non-hydrogen) atoms. The molecule has 3 heterocycles. The van der Waals surface area contributed by atoms with E-state index < -0.39 is 15.9 Å². The van der Waals surface area contributed by atoms with Gasteiger partial charge in [0.2, 0.25) is 5.95 Å². The quantitative estimate of drug-likeness (QED) is 0.810. The molecule has 1 aromatic heterocycles. The number of aliphatic hydroxyl groups excluding tert-OH is 1. The van der Waals surface area contributed by atoms with Crippen LogP contribution in [-0.4, -0.2) is 72.2 Å². The molecular formula is C14H22N4O3S. The second-order valence-electron chi connectivity index (χ2n) is 6.21. The van der Waals surface area contributed by atoms with E-state index >= 15 is 0 Å². The molecule has 0 bridgehead atoms. The fourth-order valence-corrected chi connectivity index (χ4v) is 5.02. The molecule has 0 amide bonds. The third kappa shape index (κ3) is 3.39. The molecule has 0 unspecified atom stereocenters. The van der Waals surface area contributed by atoms with Gasteiger partial charge in [-0.1, -0.05) is 0 Å². The predicted octanol–water partition coefficient (Wildman–Crippen LogP) is -0.333. The zero-order chi connectivity index (χ0) is 15.7. The second-order valence-corrected chi connectivity index (χ2v) is 8.37. The lowest BCUT2D eigenvalue weighted by atomic mass is 10.2. The lowest BCUT2D eigenvalue weighted by Gasteiger charge is -2.25. The summed E-state index contributed by atoms with van der Waals surface area (Å²) in [5.41, 5.74) is 0.918. The van der Waals surface area contributed by atoms with E-state index in [0.29, 0.717) is 6.54 Å². The molecule has 0 spiro atoms. The lowest BCUT2D eigenvalue weighted by molar-refractivity contribution is 0.0956. The molecule has 0 aromatic carbocycles. The summed E-state index contributed by atoms with van der Waals surface area (Å²) in [6, 6.07) is -0.358. The van der Waals surface area contributed by atoms with Gasteiger partial charge in [0, 0.05) is 37.6 Å². The molecule has 3 rings (SSSR count). The predicted molar refractivity (Wildman–Crippen MR) is 83.4 cm³/mol. The van der Waals surface area contributed by atoms with Crippen molar-refractivity contribution in [3.05, 3.63) is 18.0 Å². The van der Waals surface area contributed by atoms with Crippen LogP contribution in [0.15, 0.2) is 12.4 Å². The van der Waals surface area contributed by atoms with Crippen molar-refractivity contribution >= 4 is 15.8 Å². The van der Waals surface area contributed by atoms with Crippen LogP contribution in [0.5, 0.6) is 0 Å². The summed E-state index contributed by atoms with van der Waals surface area (Å²) >= 11 is 0. The van der Waals surface area contributed by atoms with E-state index in [1.807, 2.05) is 11.9 Å². The van der Waals surface area contributed by atoms with E-state index in [1.54, 1.807) is 12.4 Å². The van der Waals surface area contributed by atoms with Gasteiger partial charge in [-0.25, -0.2) is 18.4 Å². The van der Waals surface area contributed by atoms with Crippen LogP contribution in [0.2, 0.25) is 0 Å². The molecule has 2 aliphatic heterocycles. The van der Waals surface area contributed by atoms with Gasteiger partial charge in [-0.2, -0.15) is 0 Å². The average Bonchev–Trinajstić information content (AvgIpc) is 3.07. The molecule has 2 atom stereocenters. The van der Waals surface area contributed by atoms with Gasteiger partial charge in [-0.15, -0.1) is 0 Å². The number of rotatable bonds is 4. The maximum absolute atomic E-state index is 11.6. The van der Waals surface area contributed by atoms with Gasteiger partial charge in [0.05, 0.1) is 23.7 Å². The Hall–Kier alpha value is -1.25. The molecule has 0 radical (unpaired) electrons. The molecule has 2 aliphatic rings. The summed E-state index contributed by atoms with van der Waals surface area (Å²) in [7, 11) is -1.31. The van der Waals surface area contributed by atoms with Gasteiger partial charge in [-0.05, 0) is 19.9 Å². The van der Waals surface area contributed by atoms with Crippen molar-refractivity contribution in [2.75, 3.05) is 36.5 Å². The topological polar surface area (TPSA) is 86.6 Å². The third-order valence-electron chi connectivity index (χ3n) is 4.37. The van der Waals surface area contributed by atoms with E-state index in [4.69, 9.17) is 0 Å². The summed E-state index contributed by atoms with van der Waals surface area (Å²) < 4.78 is 23.2. The third-order valence-corrected chi connectivity index (χ3v) is 6.07. The number of aliphatic hydroxyl groups is 1. The zero-order valence-electron chi connectivity index (χ0n) is 12.7. The maximum atomic E-state index is 11.6. The van der Waals surface area contributed by atoms with E-state index in [2.05, 4.69) is 14.9 Å². The van der Waals surface area contributed by atoms with E-state index in [0.717, 1.165) is 24.6 Å². The minimum Gasteiger partial charge on any atom is -0.390 e. The molecule has 2 saturated heterocycles. The van der Waals surface area contributed by atoms with Crippen molar-refractivity contribution in [2.45, 2.75) is 31.5 Å². The number of hydrogen-bond donors (Lipinski definition) is 1. The zero-order valence-corrected chi connectivity index (χ0v) is 13.5. The van der Waals surface area contributed by atoms with E-state index in [-0.39, 0.29) is 17.5 Å². The number of likely N-dealkylation sites (N-methyl/N-ethyl adjacent to an activating group) is 1. The first kappa shape index (κ1) is 15.6. The first-order valence-electron chi connectivity index (χ1n) is 7.59. The van der Waals surface area contributed by atoms with Crippen molar-refractivity contribution in [1.82, 2.24) is 14.9 Å². The Morgan fingerprint density at radius 2 is 1.91 bits per heavy atom. The number of nitrogens with zero attached hydrogens (tertiary/aromatic N) is 4. The Bertz CT molecular complexity index is 613. The fraction of sp³-hybridized carbons (Fsp3) is 0.714. The Labute approximate surface area is 130 Å². The van der Waals surface area contributed by atoms with Gasteiger partial charge >= 0.3 is 0 Å². The van der Waals surface area contributed by atoms with Crippen LogP contribution >= 0.6 is 0 Å². The first-order valence-corrected chi connectivity index (χ1v) is 9.41. The molecule has 1 aromatic rings. The van der Waals surface area contributed by atoms with Gasteiger partial charge in [0.15, 0.2) is 9.84 Å². The van der Waals surface area contributed by atoms with Crippen LogP contribution in [-0.2, 0) is 16.4 Å². The normalized spacial score (nSPS) is 27.7. The minimum absolute atomic E-state index is 0.0113. The van der Waals surface area contributed by atoms with Crippen molar-refractivity contribution < 1.29 is 13.5 Å². The smallest absolute Gasteiger partial charge is 0.225 e. The fourth-order valence-electron chi connectivity index (χ4n) is 3.15. The standard InChI is InChI=1S/C14H22N4O3S/c1-17(12-9-22(20,21)10-13(12)19)8-11-6-15-14(16-7-11)18-4-2-3-5-18/h6-7,12-13,19H,2-5,8-10H2,1H3/t12-,13-/m1/s1. The summed E-state index contributed by atoms with van der Waals surface area (Å²) in [5.74, 6) is 0.622. The monoisotopic (exact) mass is 326 g/mol. The SMILES string of the molecule is CN(Cc1cnc(N2CCCC2)nc1)[C@@H]1CS(=O)(=O)C[C@H]1O. The van der Waals surface area contributed by atoms with Gasteiger partial charge < -0.3 is 10.0 Å². The van der Waals surface area contributed by atoms with Gasteiger partial charge in [0.25, 0.3) is 0 Å². The van der Waals surface area contributed by atoms with E-state index in [1.165, 1.54) is 12.8 Å². The van der Waals surface area contributed by atoms with Crippen molar-refractivity contribution in [3.63, 3.8) is 0 Å². The Morgan fingerprint density at radius 3 is 2.45 bits per heavy atom. The van der Waals surface area contributed by atoms with Crippen LogP contribution in [0.3, 0.4) is 0 Å². The van der Waals surface area contributed by atoms with Gasteiger partial charge in [-0.3, -0.25) is 4.90 Å². The largest absolute Gasteiger partial charge is 0.390 e.